The molecule has 0 heterocycles. The third-order valence-electron chi connectivity index (χ3n) is 4.41. The van der Waals surface area contributed by atoms with E-state index in [9.17, 15) is 10.4 Å². The molecule has 1 aliphatic carbocycles. The lowest BCUT2D eigenvalue weighted by Crippen LogP contribution is -2.54. The monoisotopic (exact) mass is 223 g/mol. The van der Waals surface area contributed by atoms with Gasteiger partial charge in [0, 0.05) is 0 Å². The summed E-state index contributed by atoms with van der Waals surface area (Å²) in [5.74, 6) is 1.20. The zero-order valence-corrected chi connectivity index (χ0v) is 11.2. The maximum atomic E-state index is 11.0. The molecule has 3 atom stereocenters. The van der Waals surface area contributed by atoms with E-state index in [2.05, 4.69) is 26.8 Å². The van der Waals surface area contributed by atoms with Crippen molar-refractivity contribution in [3.8, 4) is 6.07 Å². The summed E-state index contributed by atoms with van der Waals surface area (Å²) >= 11 is 0. The molecule has 0 aliphatic heterocycles. The summed E-state index contributed by atoms with van der Waals surface area (Å²) in [6.07, 6.45) is 2.98. The molecule has 2 nitrogen and oxygen atoms in total. The highest BCUT2D eigenvalue weighted by atomic mass is 16.3. The Morgan fingerprint density at radius 1 is 1.38 bits per heavy atom. The van der Waals surface area contributed by atoms with E-state index in [-0.39, 0.29) is 5.92 Å². The van der Waals surface area contributed by atoms with Gasteiger partial charge in [0.1, 0.15) is 0 Å². The molecule has 0 aromatic carbocycles. The van der Waals surface area contributed by atoms with E-state index >= 15 is 0 Å². The highest BCUT2D eigenvalue weighted by molar-refractivity contribution is 5.11. The first-order chi connectivity index (χ1) is 7.24. The number of rotatable bonds is 2. The molecule has 0 amide bonds. The van der Waals surface area contributed by atoms with Crippen molar-refractivity contribution in [2.75, 3.05) is 0 Å². The highest BCUT2D eigenvalue weighted by Gasteiger charge is 2.52. The van der Waals surface area contributed by atoms with E-state index in [4.69, 9.17) is 0 Å². The number of aliphatic hydroxyl groups is 1. The van der Waals surface area contributed by atoms with Gasteiger partial charge in [-0.3, -0.25) is 0 Å². The van der Waals surface area contributed by atoms with Crippen molar-refractivity contribution in [1.82, 2.24) is 0 Å². The third-order valence-corrected chi connectivity index (χ3v) is 4.41. The molecule has 0 radical (unpaired) electrons. The maximum Gasteiger partial charge on any atom is 0.0860 e. The zero-order valence-electron chi connectivity index (χ0n) is 11.2. The summed E-state index contributed by atoms with van der Waals surface area (Å²) in [5, 5.41) is 20.3. The third kappa shape index (κ3) is 2.11. The average molecular weight is 223 g/mol. The molecule has 0 saturated heterocycles. The van der Waals surface area contributed by atoms with Crippen LogP contribution in [0.1, 0.15) is 53.9 Å². The second kappa shape index (κ2) is 4.37. The maximum absolute atomic E-state index is 11.0. The predicted molar refractivity (Wildman–Crippen MR) is 65.7 cm³/mol. The van der Waals surface area contributed by atoms with Crippen molar-refractivity contribution in [3.63, 3.8) is 0 Å². The van der Waals surface area contributed by atoms with Gasteiger partial charge in [0.2, 0.25) is 0 Å². The van der Waals surface area contributed by atoms with Crippen molar-refractivity contribution in [1.29, 1.82) is 5.26 Å². The molecule has 0 bridgehead atoms. The molecule has 3 unspecified atom stereocenters. The van der Waals surface area contributed by atoms with E-state index in [0.717, 1.165) is 12.8 Å². The van der Waals surface area contributed by atoms with E-state index in [1.807, 2.05) is 13.8 Å². The minimum atomic E-state index is -0.826. The van der Waals surface area contributed by atoms with Crippen molar-refractivity contribution in [3.05, 3.63) is 0 Å². The fourth-order valence-electron chi connectivity index (χ4n) is 3.19. The Bertz CT molecular complexity index is 290. The van der Waals surface area contributed by atoms with Crippen LogP contribution in [0.2, 0.25) is 0 Å². The smallest absolute Gasteiger partial charge is 0.0860 e. The Hall–Kier alpha value is -0.550. The minimum absolute atomic E-state index is 0.248. The first-order valence-electron chi connectivity index (χ1n) is 6.38. The van der Waals surface area contributed by atoms with Gasteiger partial charge in [0.15, 0.2) is 0 Å². The molecule has 2 heteroatoms. The Morgan fingerprint density at radius 3 is 2.38 bits per heavy atom. The second-order valence-electron chi connectivity index (χ2n) is 6.40. The minimum Gasteiger partial charge on any atom is -0.388 e. The Kier molecular flexibility index (Phi) is 3.69. The van der Waals surface area contributed by atoms with Gasteiger partial charge in [0.25, 0.3) is 0 Å². The Morgan fingerprint density at radius 2 is 1.94 bits per heavy atom. The van der Waals surface area contributed by atoms with Crippen LogP contribution in [-0.2, 0) is 0 Å². The van der Waals surface area contributed by atoms with E-state index in [1.165, 1.54) is 6.42 Å². The number of hydrogen-bond donors (Lipinski definition) is 1. The van der Waals surface area contributed by atoms with Crippen LogP contribution in [0.4, 0.5) is 0 Å². The zero-order chi connectivity index (χ0) is 12.6. The van der Waals surface area contributed by atoms with E-state index < -0.39 is 11.0 Å². The van der Waals surface area contributed by atoms with Gasteiger partial charge in [-0.25, -0.2) is 0 Å². The summed E-state index contributed by atoms with van der Waals surface area (Å²) < 4.78 is 0. The first kappa shape index (κ1) is 13.5. The van der Waals surface area contributed by atoms with E-state index in [0.29, 0.717) is 11.8 Å². The average Bonchev–Trinajstić information content (AvgIpc) is 2.16. The number of nitriles is 1. The molecule has 92 valence electrons. The van der Waals surface area contributed by atoms with Crippen LogP contribution in [0.5, 0.6) is 0 Å². The summed E-state index contributed by atoms with van der Waals surface area (Å²) in [5.41, 5.74) is -1.48. The molecule has 1 saturated carbocycles. The second-order valence-corrected chi connectivity index (χ2v) is 6.40. The highest BCUT2D eigenvalue weighted by Crippen LogP contribution is 2.49. The number of nitrogens with zero attached hydrogens (tertiary/aromatic N) is 1. The molecule has 0 spiro atoms. The molecule has 1 rings (SSSR count). The van der Waals surface area contributed by atoms with Gasteiger partial charge in [0.05, 0.1) is 17.1 Å². The lowest BCUT2D eigenvalue weighted by Gasteiger charge is -2.50. The topological polar surface area (TPSA) is 44.0 Å². The van der Waals surface area contributed by atoms with Crippen molar-refractivity contribution >= 4 is 0 Å². The molecule has 1 N–H and O–H groups in total. The van der Waals surface area contributed by atoms with Crippen LogP contribution in [0.3, 0.4) is 0 Å². The standard InChI is InChI=1S/C14H25NO/c1-10(2)12-7-6-11(3)8-14(12,16)13(4,5)9-15/h10-12,16H,6-8H2,1-5H3. The van der Waals surface area contributed by atoms with Crippen molar-refractivity contribution in [2.24, 2.45) is 23.2 Å². The number of hydrogen-bond acceptors (Lipinski definition) is 2. The molecule has 0 aromatic rings. The van der Waals surface area contributed by atoms with Gasteiger partial charge in [-0.1, -0.05) is 27.2 Å². The predicted octanol–water partition coefficient (Wildman–Crippen LogP) is 3.36. The Balaban J connectivity index is 3.07. The molecule has 0 aromatic heterocycles. The summed E-state index contributed by atoms with van der Waals surface area (Å²) in [4.78, 5) is 0. The lowest BCUT2D eigenvalue weighted by molar-refractivity contribution is -0.137. The normalized spacial score (nSPS) is 36.1. The van der Waals surface area contributed by atoms with Crippen LogP contribution in [0, 0.1) is 34.5 Å². The van der Waals surface area contributed by atoms with Gasteiger partial charge in [-0.2, -0.15) is 5.26 Å². The van der Waals surface area contributed by atoms with Crippen molar-refractivity contribution < 1.29 is 5.11 Å². The van der Waals surface area contributed by atoms with Gasteiger partial charge in [-0.05, 0) is 44.4 Å². The van der Waals surface area contributed by atoms with Crippen LogP contribution < -0.4 is 0 Å². The van der Waals surface area contributed by atoms with Gasteiger partial charge in [-0.15, -0.1) is 0 Å². The first-order valence-corrected chi connectivity index (χ1v) is 6.38. The summed E-state index contributed by atoms with van der Waals surface area (Å²) in [6.45, 7) is 10.2. The van der Waals surface area contributed by atoms with Crippen LogP contribution in [0.15, 0.2) is 0 Å². The van der Waals surface area contributed by atoms with Crippen molar-refractivity contribution in [2.45, 2.75) is 59.5 Å². The molecular formula is C14H25NO. The van der Waals surface area contributed by atoms with Gasteiger partial charge < -0.3 is 5.11 Å². The van der Waals surface area contributed by atoms with Crippen LogP contribution >= 0.6 is 0 Å². The van der Waals surface area contributed by atoms with Crippen LogP contribution in [0.25, 0.3) is 0 Å². The van der Waals surface area contributed by atoms with E-state index in [1.54, 1.807) is 0 Å². The quantitative estimate of drug-likeness (QED) is 0.780. The SMILES string of the molecule is CC1CCC(C(C)C)C(O)(C(C)(C)C#N)C1. The van der Waals surface area contributed by atoms with Gasteiger partial charge >= 0.3 is 0 Å². The largest absolute Gasteiger partial charge is 0.388 e. The Labute approximate surface area is 99.7 Å². The molecule has 1 fully saturated rings. The molecule has 16 heavy (non-hydrogen) atoms. The summed E-state index contributed by atoms with van der Waals surface area (Å²) in [7, 11) is 0. The molecular weight excluding hydrogens is 198 g/mol. The lowest BCUT2D eigenvalue weighted by atomic mass is 9.57. The fourth-order valence-corrected chi connectivity index (χ4v) is 3.19. The van der Waals surface area contributed by atoms with Crippen LogP contribution in [-0.4, -0.2) is 10.7 Å². The summed E-state index contributed by atoms with van der Waals surface area (Å²) in [6, 6.07) is 2.31. The fraction of sp³-hybridized carbons (Fsp3) is 0.929. The molecule has 1 aliphatic rings.